The summed E-state index contributed by atoms with van der Waals surface area (Å²) < 4.78 is 104. The number of hydrogen-bond acceptors (Lipinski definition) is 6. The van der Waals surface area contributed by atoms with Gasteiger partial charge in [-0.15, -0.1) is 0 Å². The molecule has 4 aromatic carbocycles. The molecule has 0 unspecified atom stereocenters. The second kappa shape index (κ2) is 19.6. The first-order valence-corrected chi connectivity index (χ1v) is 21.5. The predicted molar refractivity (Wildman–Crippen MR) is 232 cm³/mol. The number of anilines is 2. The number of alkyl halides is 6. The highest BCUT2D eigenvalue weighted by atomic mass is 32.2. The lowest BCUT2D eigenvalue weighted by molar-refractivity contribution is -0.138. The number of hydrogen-bond donors (Lipinski definition) is 0. The second-order valence-electron chi connectivity index (χ2n) is 14.2. The van der Waals surface area contributed by atoms with Crippen molar-refractivity contribution in [3.63, 3.8) is 0 Å². The van der Waals surface area contributed by atoms with Crippen molar-refractivity contribution >= 4 is 45.0 Å². The van der Waals surface area contributed by atoms with Crippen LogP contribution < -0.4 is 9.80 Å². The highest BCUT2D eigenvalue weighted by Crippen LogP contribution is 2.44. The van der Waals surface area contributed by atoms with Crippen molar-refractivity contribution in [2.45, 2.75) is 55.5 Å². The van der Waals surface area contributed by atoms with Crippen molar-refractivity contribution in [1.82, 2.24) is 9.80 Å². The van der Waals surface area contributed by atoms with Gasteiger partial charge in [0.15, 0.2) is 0 Å². The molecule has 0 saturated carbocycles. The number of urea groups is 2. The number of halogens is 6. The fraction of sp³-hybridized carbons (Fsp3) is 0.244. The highest BCUT2D eigenvalue weighted by molar-refractivity contribution is 7.84. The lowest BCUT2D eigenvalue weighted by Gasteiger charge is -2.40. The Morgan fingerprint density at radius 2 is 0.954 bits per heavy atom. The molecule has 2 aliphatic heterocycles. The molecule has 336 valence electrons. The minimum Gasteiger partial charge on any atom is -0.325 e. The quantitative estimate of drug-likeness (QED) is 0.139. The number of allylic oxidation sites excluding steroid dienone is 2. The van der Waals surface area contributed by atoms with E-state index in [4.69, 9.17) is 23.7 Å². The Balaban J connectivity index is 0.000000280. The summed E-state index contributed by atoms with van der Waals surface area (Å²) >= 11 is 0. The maximum atomic E-state index is 13.3. The van der Waals surface area contributed by atoms with Gasteiger partial charge in [0.05, 0.1) is 81.2 Å². The number of benzene rings is 4. The summed E-state index contributed by atoms with van der Waals surface area (Å²) in [7, 11) is -0.194. The molecule has 0 aromatic heterocycles. The Labute approximate surface area is 376 Å². The van der Waals surface area contributed by atoms with Crippen LogP contribution in [-0.2, 0) is 34.0 Å². The fourth-order valence-electron chi connectivity index (χ4n) is 7.22. The van der Waals surface area contributed by atoms with Gasteiger partial charge in [-0.25, -0.2) is 19.3 Å². The van der Waals surface area contributed by atoms with Crippen LogP contribution in [-0.4, -0.2) is 56.9 Å². The van der Waals surface area contributed by atoms with Gasteiger partial charge in [0.2, 0.25) is 11.4 Å². The summed E-state index contributed by atoms with van der Waals surface area (Å²) in [6.45, 7) is 18.4. The number of amides is 4. The Bertz CT molecular complexity index is 2680. The van der Waals surface area contributed by atoms with Gasteiger partial charge in [0.25, 0.3) is 0 Å². The number of nitrogens with zero attached hydrogens (tertiary/aromatic N) is 8. The molecule has 0 aliphatic carbocycles. The monoisotopic (exact) mass is 932 g/mol. The molecule has 4 amide bonds. The van der Waals surface area contributed by atoms with Crippen molar-refractivity contribution in [2.75, 3.05) is 36.4 Å². The molecule has 0 fully saturated rings. The average molecular weight is 933 g/mol. The van der Waals surface area contributed by atoms with Crippen molar-refractivity contribution < 1.29 is 44.3 Å². The molecule has 6 rings (SSSR count). The highest BCUT2D eigenvalue weighted by Gasteiger charge is 2.42. The minimum absolute atomic E-state index is 0. The van der Waals surface area contributed by atoms with E-state index in [0.29, 0.717) is 20.9 Å². The number of nitriles is 2. The van der Waals surface area contributed by atoms with Crippen LogP contribution in [0.3, 0.4) is 0 Å². The molecular formula is C45H38F6N8O4S2. The zero-order chi connectivity index (χ0) is 47.6. The molecular weight excluding hydrogens is 895 g/mol. The standard InChI is InChI=1S/2C22H17F3N4O2S.CH4/c2*1-13-19(27-2)20(17-9-8-14(12-26)10-18(17)32(4)31)28(3)21(30)29(13)16-7-5-6-15(11-16)22(23,24)25;/h2*5-11,20H,1,3-4H3;1H4/t20-,32+;20-,32-;/m11./s1. The Morgan fingerprint density at radius 1 is 0.615 bits per heavy atom. The Kier molecular flexibility index (Phi) is 15.2. The molecule has 4 atom stereocenters. The van der Waals surface area contributed by atoms with Crippen LogP contribution in [0.25, 0.3) is 9.69 Å². The lowest BCUT2D eigenvalue weighted by atomic mass is 9.97. The van der Waals surface area contributed by atoms with Crippen LogP contribution in [0.1, 0.15) is 66.7 Å². The van der Waals surface area contributed by atoms with Crippen LogP contribution in [0.2, 0.25) is 0 Å². The van der Waals surface area contributed by atoms with Crippen LogP contribution >= 0.6 is 0 Å². The normalized spacial score (nSPS) is 17.5. The van der Waals surface area contributed by atoms with E-state index in [9.17, 15) is 44.3 Å². The first-order valence-electron chi connectivity index (χ1n) is 18.4. The maximum absolute atomic E-state index is 13.3. The van der Waals surface area contributed by atoms with Gasteiger partial charge < -0.3 is 9.80 Å². The second-order valence-corrected chi connectivity index (χ2v) is 16.9. The smallest absolute Gasteiger partial charge is 0.325 e. The topological polar surface area (TPSA) is 138 Å². The first kappa shape index (κ1) is 50.4. The molecule has 2 aliphatic rings. The molecule has 0 radical (unpaired) electrons. The molecule has 0 N–H and O–H groups in total. The molecule has 0 saturated heterocycles. The molecule has 0 spiro atoms. The molecule has 12 nitrogen and oxygen atoms in total. The SMILES string of the molecule is C.[C-]#[N+]C1=C(C)N(c2cccc(C(F)(F)F)c2)C(=O)N(C)[C@@H]1c1ccc(C#N)cc1[S@@](C)=O.[C-]#[N+]C1=C(C)N(c2cccc(C(F)(F)F)c2)C(=O)N(C)[C@@H]1c1ccc(C#N)cc1[S@](C)=O. The molecule has 65 heavy (non-hydrogen) atoms. The summed E-state index contributed by atoms with van der Waals surface area (Å²) in [5.41, 5.74) is 0.0427. The van der Waals surface area contributed by atoms with Crippen LogP contribution in [0, 0.1) is 35.8 Å². The largest absolute Gasteiger partial charge is 0.416 e. The summed E-state index contributed by atoms with van der Waals surface area (Å²) in [5.74, 6) is 0. The van der Waals surface area contributed by atoms with Gasteiger partial charge in [-0.3, -0.25) is 18.2 Å². The van der Waals surface area contributed by atoms with Gasteiger partial charge in [-0.1, -0.05) is 31.7 Å². The minimum atomic E-state index is -4.59. The summed E-state index contributed by atoms with van der Waals surface area (Å²) in [5, 5.41) is 18.3. The van der Waals surface area contributed by atoms with E-state index in [1.807, 2.05) is 12.1 Å². The van der Waals surface area contributed by atoms with Crippen LogP contribution in [0.15, 0.2) is 118 Å². The number of rotatable bonds is 6. The fourth-order valence-corrected chi connectivity index (χ4v) is 8.83. The summed E-state index contributed by atoms with van der Waals surface area (Å²) in [6, 6.07) is 18.4. The van der Waals surface area contributed by atoms with E-state index in [-0.39, 0.29) is 52.7 Å². The predicted octanol–water partition coefficient (Wildman–Crippen LogP) is 10.8. The van der Waals surface area contributed by atoms with E-state index in [2.05, 4.69) is 9.69 Å². The van der Waals surface area contributed by atoms with Gasteiger partial charge in [0.1, 0.15) is 0 Å². The third kappa shape index (κ3) is 9.95. The van der Waals surface area contributed by atoms with Crippen LogP contribution in [0.5, 0.6) is 0 Å². The molecule has 4 aromatic rings. The van der Waals surface area contributed by atoms with Gasteiger partial charge in [-0.05, 0) is 85.6 Å². The van der Waals surface area contributed by atoms with Gasteiger partial charge in [0, 0.05) is 59.2 Å². The number of carbonyl (C=O) groups excluding carboxylic acids is 2. The molecule has 20 heteroatoms. The lowest BCUT2D eigenvalue weighted by Crippen LogP contribution is -2.47. The van der Waals surface area contributed by atoms with Crippen molar-refractivity contribution in [1.29, 1.82) is 10.5 Å². The summed E-state index contributed by atoms with van der Waals surface area (Å²) in [4.78, 5) is 38.8. The third-order valence-electron chi connectivity index (χ3n) is 10.3. The Morgan fingerprint density at radius 3 is 1.23 bits per heavy atom. The van der Waals surface area contributed by atoms with Gasteiger partial charge >= 0.3 is 24.4 Å². The van der Waals surface area contributed by atoms with Crippen molar-refractivity contribution in [3.8, 4) is 12.1 Å². The maximum Gasteiger partial charge on any atom is 0.416 e. The zero-order valence-corrected chi connectivity index (χ0v) is 36.2. The van der Waals surface area contributed by atoms with Crippen LogP contribution in [0.4, 0.5) is 47.3 Å². The van der Waals surface area contributed by atoms with Crippen molar-refractivity contribution in [3.05, 3.63) is 164 Å². The van der Waals surface area contributed by atoms with E-state index < -0.39 is 69.2 Å². The van der Waals surface area contributed by atoms with E-state index in [0.717, 1.165) is 34.1 Å². The Hall–Kier alpha value is -7.26. The zero-order valence-electron chi connectivity index (χ0n) is 34.5. The van der Waals surface area contributed by atoms with Gasteiger partial charge in [-0.2, -0.15) is 36.9 Å². The van der Waals surface area contributed by atoms with Crippen molar-refractivity contribution in [2.24, 2.45) is 0 Å². The average Bonchev–Trinajstić information content (AvgIpc) is 3.25. The first-order chi connectivity index (χ1) is 30.0. The number of carbonyl (C=O) groups is 2. The third-order valence-corrected chi connectivity index (χ3v) is 12.2. The summed E-state index contributed by atoms with van der Waals surface area (Å²) in [6.07, 6.45) is -6.33. The molecule has 0 bridgehead atoms. The van der Waals surface area contributed by atoms with E-state index in [1.54, 1.807) is 12.1 Å². The van der Waals surface area contributed by atoms with E-state index >= 15 is 0 Å². The van der Waals surface area contributed by atoms with E-state index in [1.165, 1.54) is 98.8 Å². The number of likely N-dealkylation sites (N-methyl/N-ethyl adjacent to an activating group) is 2. The molecule has 2 heterocycles.